The summed E-state index contributed by atoms with van der Waals surface area (Å²) in [6.45, 7) is 5.85. The normalized spacial score (nSPS) is 11.1. The summed E-state index contributed by atoms with van der Waals surface area (Å²) in [4.78, 5) is 13.5. The van der Waals surface area contributed by atoms with Gasteiger partial charge in [-0.15, -0.1) is 0 Å². The molecule has 0 unspecified atom stereocenters. The average Bonchev–Trinajstić information content (AvgIpc) is 3.13. The van der Waals surface area contributed by atoms with Gasteiger partial charge in [-0.2, -0.15) is 10.5 Å². The number of nitriles is 2. The van der Waals surface area contributed by atoms with Crippen LogP contribution in [-0.4, -0.2) is 9.78 Å². The van der Waals surface area contributed by atoms with Crippen molar-refractivity contribution in [2.45, 2.75) is 45.4 Å². The van der Waals surface area contributed by atoms with Crippen LogP contribution in [0.1, 0.15) is 48.7 Å². The number of hydrogen-bond donors (Lipinski definition) is 2. The molecule has 0 aliphatic rings. The standard InChI is InChI=1S/C24H25N5O/c1-4-16-12-18(13-17(5-2)22(16)27)24(14-25,15-26)21-20(6-3)28-29(23(21)30)19-10-8-7-9-11-19/h7-13,28H,4-6,27H2,1-3H3. The van der Waals surface area contributed by atoms with E-state index in [4.69, 9.17) is 5.73 Å². The molecule has 3 rings (SSSR count). The van der Waals surface area contributed by atoms with E-state index in [1.54, 1.807) is 24.3 Å². The number of nitrogens with one attached hydrogen (secondary N) is 1. The molecule has 152 valence electrons. The molecule has 0 amide bonds. The molecule has 6 heteroatoms. The molecule has 3 aromatic rings. The Bertz CT molecular complexity index is 1170. The Balaban J connectivity index is 2.37. The lowest BCUT2D eigenvalue weighted by Crippen LogP contribution is -2.32. The number of nitrogens with two attached hydrogens (primary N) is 1. The third-order valence-electron chi connectivity index (χ3n) is 5.59. The third-order valence-corrected chi connectivity index (χ3v) is 5.59. The van der Waals surface area contributed by atoms with E-state index in [0.717, 1.165) is 11.1 Å². The topological polar surface area (TPSA) is 111 Å². The number of nitrogens with zero attached hydrogens (tertiary/aromatic N) is 3. The van der Waals surface area contributed by atoms with Crippen molar-refractivity contribution in [3.05, 3.63) is 80.8 Å². The molecule has 0 atom stereocenters. The Morgan fingerprint density at radius 2 is 1.57 bits per heavy atom. The van der Waals surface area contributed by atoms with Gasteiger partial charge < -0.3 is 5.73 Å². The van der Waals surface area contributed by atoms with Crippen LogP contribution in [0.2, 0.25) is 0 Å². The average molecular weight is 399 g/mol. The van der Waals surface area contributed by atoms with Crippen molar-refractivity contribution in [2.75, 3.05) is 5.73 Å². The number of para-hydroxylation sites is 1. The molecule has 2 aromatic carbocycles. The van der Waals surface area contributed by atoms with E-state index < -0.39 is 11.0 Å². The molecule has 0 saturated heterocycles. The summed E-state index contributed by atoms with van der Waals surface area (Å²) in [7, 11) is 0. The van der Waals surface area contributed by atoms with Gasteiger partial charge in [-0.05, 0) is 48.1 Å². The van der Waals surface area contributed by atoms with E-state index in [1.807, 2.05) is 39.0 Å². The van der Waals surface area contributed by atoms with Crippen LogP contribution in [0, 0.1) is 22.7 Å². The summed E-state index contributed by atoms with van der Waals surface area (Å²) < 4.78 is 1.40. The lowest BCUT2D eigenvalue weighted by Gasteiger charge is -2.22. The highest BCUT2D eigenvalue weighted by molar-refractivity contribution is 5.62. The van der Waals surface area contributed by atoms with Crippen LogP contribution in [0.25, 0.3) is 5.69 Å². The smallest absolute Gasteiger partial charge is 0.277 e. The van der Waals surface area contributed by atoms with Crippen molar-refractivity contribution in [1.82, 2.24) is 9.78 Å². The number of rotatable bonds is 6. The first kappa shape index (κ1) is 21.0. The lowest BCUT2D eigenvalue weighted by atomic mass is 9.75. The summed E-state index contributed by atoms with van der Waals surface area (Å²) in [5, 5.41) is 23.6. The zero-order valence-electron chi connectivity index (χ0n) is 17.5. The van der Waals surface area contributed by atoms with Crippen LogP contribution in [0.15, 0.2) is 47.3 Å². The number of aromatic nitrogens is 2. The summed E-state index contributed by atoms with van der Waals surface area (Å²) in [6, 6.07) is 17.0. The fourth-order valence-electron chi connectivity index (χ4n) is 3.87. The van der Waals surface area contributed by atoms with Crippen molar-refractivity contribution in [3.63, 3.8) is 0 Å². The number of anilines is 1. The fourth-order valence-corrected chi connectivity index (χ4v) is 3.87. The molecule has 0 fully saturated rings. The van der Waals surface area contributed by atoms with Gasteiger partial charge in [-0.1, -0.05) is 51.1 Å². The highest BCUT2D eigenvalue weighted by atomic mass is 16.1. The van der Waals surface area contributed by atoms with Gasteiger partial charge in [0.1, 0.15) is 0 Å². The van der Waals surface area contributed by atoms with Crippen molar-refractivity contribution in [3.8, 4) is 17.8 Å². The van der Waals surface area contributed by atoms with Gasteiger partial charge >= 0.3 is 0 Å². The van der Waals surface area contributed by atoms with Crippen molar-refractivity contribution in [1.29, 1.82) is 10.5 Å². The van der Waals surface area contributed by atoms with E-state index in [0.29, 0.717) is 41.9 Å². The quantitative estimate of drug-likeness (QED) is 0.615. The zero-order valence-corrected chi connectivity index (χ0v) is 17.5. The number of aryl methyl sites for hydroxylation is 3. The second kappa shape index (κ2) is 8.31. The van der Waals surface area contributed by atoms with Crippen molar-refractivity contribution in [2.24, 2.45) is 0 Å². The van der Waals surface area contributed by atoms with Crippen LogP contribution in [0.5, 0.6) is 0 Å². The minimum absolute atomic E-state index is 0.174. The van der Waals surface area contributed by atoms with Gasteiger partial charge in [0.05, 0.1) is 23.4 Å². The summed E-state index contributed by atoms with van der Waals surface area (Å²) >= 11 is 0. The first-order chi connectivity index (χ1) is 14.5. The molecule has 6 nitrogen and oxygen atoms in total. The van der Waals surface area contributed by atoms with Gasteiger partial charge in [0.15, 0.2) is 0 Å². The van der Waals surface area contributed by atoms with Gasteiger partial charge in [0, 0.05) is 11.4 Å². The minimum Gasteiger partial charge on any atom is -0.398 e. The number of benzene rings is 2. The molecule has 1 heterocycles. The number of H-pyrrole nitrogens is 1. The largest absolute Gasteiger partial charge is 0.398 e. The molecule has 1 aromatic heterocycles. The van der Waals surface area contributed by atoms with Crippen LogP contribution >= 0.6 is 0 Å². The Hall–Kier alpha value is -3.77. The van der Waals surface area contributed by atoms with E-state index in [-0.39, 0.29) is 5.56 Å². The fraction of sp³-hybridized carbons (Fsp3) is 0.292. The molecule has 0 radical (unpaired) electrons. The number of hydrogen-bond acceptors (Lipinski definition) is 4. The maximum Gasteiger partial charge on any atom is 0.277 e. The second-order valence-corrected chi connectivity index (χ2v) is 7.18. The van der Waals surface area contributed by atoms with E-state index in [1.165, 1.54) is 4.68 Å². The second-order valence-electron chi connectivity index (χ2n) is 7.18. The minimum atomic E-state index is -1.74. The van der Waals surface area contributed by atoms with Crippen LogP contribution in [0.4, 0.5) is 5.69 Å². The molecular weight excluding hydrogens is 374 g/mol. The van der Waals surface area contributed by atoms with Gasteiger partial charge in [0.25, 0.3) is 5.56 Å². The maximum absolute atomic E-state index is 13.5. The van der Waals surface area contributed by atoms with Gasteiger partial charge in [-0.3, -0.25) is 9.89 Å². The van der Waals surface area contributed by atoms with Crippen LogP contribution in [0.3, 0.4) is 0 Å². The molecule has 0 spiro atoms. The van der Waals surface area contributed by atoms with E-state index in [9.17, 15) is 15.3 Å². The van der Waals surface area contributed by atoms with Gasteiger partial charge in [-0.25, -0.2) is 4.68 Å². The van der Waals surface area contributed by atoms with Crippen LogP contribution in [-0.2, 0) is 24.7 Å². The molecule has 0 saturated carbocycles. The molecule has 0 aliphatic carbocycles. The Labute approximate surface area is 176 Å². The Morgan fingerprint density at radius 1 is 1.00 bits per heavy atom. The maximum atomic E-state index is 13.5. The SMILES string of the molecule is CCc1cc(C(C#N)(C#N)c2c(CC)[nH]n(-c3ccccc3)c2=O)cc(CC)c1N. The van der Waals surface area contributed by atoms with Gasteiger partial charge in [0.2, 0.25) is 5.41 Å². The summed E-state index contributed by atoms with van der Waals surface area (Å²) in [5.74, 6) is 0. The Morgan fingerprint density at radius 3 is 2.03 bits per heavy atom. The van der Waals surface area contributed by atoms with Crippen molar-refractivity contribution >= 4 is 5.69 Å². The van der Waals surface area contributed by atoms with E-state index in [2.05, 4.69) is 17.2 Å². The lowest BCUT2D eigenvalue weighted by molar-refractivity contribution is 0.812. The molecule has 30 heavy (non-hydrogen) atoms. The highest BCUT2D eigenvalue weighted by Crippen LogP contribution is 2.35. The molecular formula is C24H25N5O. The Kier molecular flexibility index (Phi) is 5.80. The molecule has 0 bridgehead atoms. The first-order valence-electron chi connectivity index (χ1n) is 10.1. The predicted octanol–water partition coefficient (Wildman–Crippen LogP) is 3.77. The third kappa shape index (κ3) is 3.17. The molecule has 0 aliphatic heterocycles. The van der Waals surface area contributed by atoms with E-state index >= 15 is 0 Å². The van der Waals surface area contributed by atoms with Crippen molar-refractivity contribution < 1.29 is 0 Å². The summed E-state index contributed by atoms with van der Waals surface area (Å²) in [5.41, 5.74) is 8.44. The number of aromatic amines is 1. The predicted molar refractivity (Wildman–Crippen MR) is 117 cm³/mol. The first-order valence-corrected chi connectivity index (χ1v) is 10.1. The highest BCUT2D eigenvalue weighted by Gasteiger charge is 2.42. The molecule has 3 N–H and O–H groups in total. The zero-order chi connectivity index (χ0) is 21.9. The van der Waals surface area contributed by atoms with Crippen LogP contribution < -0.4 is 11.3 Å². The summed E-state index contributed by atoms with van der Waals surface area (Å²) in [6.07, 6.45) is 1.81. The number of nitrogen functional groups attached to an aromatic ring is 1. The monoisotopic (exact) mass is 399 g/mol.